The molecule has 0 heterocycles. The monoisotopic (exact) mass is 339 g/mol. The molecule has 2 atom stereocenters. The van der Waals surface area contributed by atoms with Crippen LogP contribution in [0.15, 0.2) is 48.5 Å². The van der Waals surface area contributed by atoms with Gasteiger partial charge in [-0.05, 0) is 47.6 Å². The highest BCUT2D eigenvalue weighted by molar-refractivity contribution is 5.94. The Balaban J connectivity index is 1.62. The molecule has 2 N–H and O–H groups in total. The Labute approximate surface area is 146 Å². The lowest BCUT2D eigenvalue weighted by Gasteiger charge is -2.09. The zero-order valence-corrected chi connectivity index (χ0v) is 14.1. The molecule has 1 aliphatic carbocycles. The van der Waals surface area contributed by atoms with Gasteiger partial charge in [-0.15, -0.1) is 0 Å². The van der Waals surface area contributed by atoms with Crippen molar-refractivity contribution in [3.63, 3.8) is 0 Å². The van der Waals surface area contributed by atoms with Crippen LogP contribution in [0.25, 0.3) is 0 Å². The van der Waals surface area contributed by atoms with Crippen molar-refractivity contribution in [2.45, 2.75) is 25.4 Å². The molecule has 0 radical (unpaired) electrons. The van der Waals surface area contributed by atoms with E-state index in [1.807, 2.05) is 18.2 Å². The van der Waals surface area contributed by atoms with Gasteiger partial charge in [0.1, 0.15) is 0 Å². The van der Waals surface area contributed by atoms with Crippen LogP contribution in [0.4, 0.5) is 5.69 Å². The van der Waals surface area contributed by atoms with Crippen LogP contribution in [0.3, 0.4) is 0 Å². The molecule has 5 heteroatoms. The summed E-state index contributed by atoms with van der Waals surface area (Å²) in [6.07, 6.45) is 1.46. The molecule has 1 amide bonds. The summed E-state index contributed by atoms with van der Waals surface area (Å²) in [5.41, 5.74) is 2.62. The Morgan fingerprint density at radius 1 is 1.20 bits per heavy atom. The van der Waals surface area contributed by atoms with Crippen molar-refractivity contribution in [3.8, 4) is 0 Å². The van der Waals surface area contributed by atoms with Gasteiger partial charge < -0.3 is 15.2 Å². The van der Waals surface area contributed by atoms with Crippen LogP contribution in [-0.2, 0) is 16.1 Å². The number of ether oxygens (including phenoxy) is 1. The zero-order chi connectivity index (χ0) is 17.8. The third-order valence-electron chi connectivity index (χ3n) is 4.43. The van der Waals surface area contributed by atoms with Gasteiger partial charge in [0, 0.05) is 19.2 Å². The molecule has 5 nitrogen and oxygen atoms in total. The molecule has 0 aromatic heterocycles. The molecule has 1 aliphatic rings. The standard InChI is InChI=1S/C20H21NO4/c1-25-12-13-7-16(20(23)24)9-17(8-13)21-19(22)11-15-10-18(15)14-5-3-2-4-6-14/h2-9,15,18H,10-12H2,1H3,(H,21,22)(H,23,24)/t15-,18-/m0/s1. The van der Waals surface area contributed by atoms with E-state index >= 15 is 0 Å². The van der Waals surface area contributed by atoms with E-state index in [0.717, 1.165) is 6.42 Å². The van der Waals surface area contributed by atoms with E-state index in [-0.39, 0.29) is 11.5 Å². The maximum Gasteiger partial charge on any atom is 0.335 e. The van der Waals surface area contributed by atoms with Crippen molar-refractivity contribution in [1.82, 2.24) is 0 Å². The number of aromatic carboxylic acids is 1. The molecule has 1 fully saturated rings. The number of carboxylic acids is 1. The smallest absolute Gasteiger partial charge is 0.335 e. The number of carbonyl (C=O) groups excluding carboxylic acids is 1. The zero-order valence-electron chi connectivity index (χ0n) is 14.1. The number of carboxylic acid groups (broad SMARTS) is 1. The van der Waals surface area contributed by atoms with Crippen LogP contribution < -0.4 is 5.32 Å². The summed E-state index contributed by atoms with van der Waals surface area (Å²) in [6, 6.07) is 15.0. The first kappa shape index (κ1) is 17.2. The fraction of sp³-hybridized carbons (Fsp3) is 0.300. The molecular formula is C20H21NO4. The van der Waals surface area contributed by atoms with Crippen molar-refractivity contribution >= 4 is 17.6 Å². The third-order valence-corrected chi connectivity index (χ3v) is 4.43. The van der Waals surface area contributed by atoms with Gasteiger partial charge in [-0.1, -0.05) is 30.3 Å². The van der Waals surface area contributed by atoms with Gasteiger partial charge in [0.05, 0.1) is 12.2 Å². The fourth-order valence-electron chi connectivity index (χ4n) is 3.17. The summed E-state index contributed by atoms with van der Waals surface area (Å²) in [4.78, 5) is 23.5. The van der Waals surface area contributed by atoms with Gasteiger partial charge in [-0.25, -0.2) is 4.79 Å². The Kier molecular flexibility index (Phi) is 5.14. The number of hydrogen-bond donors (Lipinski definition) is 2. The Morgan fingerprint density at radius 3 is 2.64 bits per heavy atom. The molecule has 3 rings (SSSR count). The van der Waals surface area contributed by atoms with E-state index in [4.69, 9.17) is 4.74 Å². The largest absolute Gasteiger partial charge is 0.478 e. The van der Waals surface area contributed by atoms with Gasteiger partial charge in [-0.3, -0.25) is 4.79 Å². The number of nitrogens with one attached hydrogen (secondary N) is 1. The van der Waals surface area contributed by atoms with Crippen molar-refractivity contribution in [1.29, 1.82) is 0 Å². The third kappa shape index (κ3) is 4.45. The second-order valence-electron chi connectivity index (χ2n) is 6.42. The van der Waals surface area contributed by atoms with E-state index in [1.54, 1.807) is 19.2 Å². The molecule has 130 valence electrons. The highest BCUT2D eigenvalue weighted by atomic mass is 16.5. The first-order valence-electron chi connectivity index (χ1n) is 8.28. The van der Waals surface area contributed by atoms with E-state index in [9.17, 15) is 14.7 Å². The molecule has 0 saturated heterocycles. The first-order chi connectivity index (χ1) is 12.1. The Bertz CT molecular complexity index is 773. The molecule has 0 spiro atoms. The van der Waals surface area contributed by atoms with Gasteiger partial charge >= 0.3 is 5.97 Å². The van der Waals surface area contributed by atoms with E-state index in [0.29, 0.717) is 36.1 Å². The van der Waals surface area contributed by atoms with Crippen LogP contribution in [-0.4, -0.2) is 24.1 Å². The molecule has 1 saturated carbocycles. The minimum Gasteiger partial charge on any atom is -0.478 e. The molecule has 25 heavy (non-hydrogen) atoms. The number of anilines is 1. The van der Waals surface area contributed by atoms with Gasteiger partial charge in [0.15, 0.2) is 0 Å². The summed E-state index contributed by atoms with van der Waals surface area (Å²) in [6.45, 7) is 0.294. The van der Waals surface area contributed by atoms with Crippen molar-refractivity contribution in [2.75, 3.05) is 12.4 Å². The topological polar surface area (TPSA) is 75.6 Å². The predicted molar refractivity (Wildman–Crippen MR) is 94.7 cm³/mol. The van der Waals surface area contributed by atoms with Crippen LogP contribution in [0.2, 0.25) is 0 Å². The van der Waals surface area contributed by atoms with E-state index in [1.165, 1.54) is 11.6 Å². The van der Waals surface area contributed by atoms with Crippen LogP contribution >= 0.6 is 0 Å². The van der Waals surface area contributed by atoms with Crippen molar-refractivity contribution in [2.24, 2.45) is 5.92 Å². The van der Waals surface area contributed by atoms with Crippen molar-refractivity contribution in [3.05, 3.63) is 65.2 Å². The Morgan fingerprint density at radius 2 is 1.96 bits per heavy atom. The average molecular weight is 339 g/mol. The lowest BCUT2D eigenvalue weighted by molar-refractivity contribution is -0.116. The minimum atomic E-state index is -1.03. The first-order valence-corrected chi connectivity index (χ1v) is 8.28. The number of benzene rings is 2. The fourth-order valence-corrected chi connectivity index (χ4v) is 3.17. The molecule has 2 aromatic rings. The van der Waals surface area contributed by atoms with Gasteiger partial charge in [0.25, 0.3) is 0 Å². The number of carbonyl (C=O) groups is 2. The summed E-state index contributed by atoms with van der Waals surface area (Å²) < 4.78 is 5.05. The predicted octanol–water partition coefficient (Wildman–Crippen LogP) is 3.66. The lowest BCUT2D eigenvalue weighted by Crippen LogP contribution is -2.13. The second-order valence-corrected chi connectivity index (χ2v) is 6.42. The van der Waals surface area contributed by atoms with Crippen molar-refractivity contribution < 1.29 is 19.4 Å². The lowest BCUT2D eigenvalue weighted by atomic mass is 10.1. The minimum absolute atomic E-state index is 0.0886. The molecule has 0 bridgehead atoms. The normalized spacial score (nSPS) is 18.6. The van der Waals surface area contributed by atoms with Crippen LogP contribution in [0, 0.1) is 5.92 Å². The van der Waals surface area contributed by atoms with Gasteiger partial charge in [0.2, 0.25) is 5.91 Å². The van der Waals surface area contributed by atoms with E-state index in [2.05, 4.69) is 17.4 Å². The number of hydrogen-bond acceptors (Lipinski definition) is 3. The number of methoxy groups -OCH3 is 1. The highest BCUT2D eigenvalue weighted by Gasteiger charge is 2.39. The molecular weight excluding hydrogens is 318 g/mol. The van der Waals surface area contributed by atoms with Crippen LogP contribution in [0.1, 0.15) is 40.2 Å². The maximum atomic E-state index is 12.3. The van der Waals surface area contributed by atoms with Crippen LogP contribution in [0.5, 0.6) is 0 Å². The average Bonchev–Trinajstić information content (AvgIpc) is 3.34. The quantitative estimate of drug-likeness (QED) is 0.807. The Hall–Kier alpha value is -2.66. The SMILES string of the molecule is COCc1cc(NC(=O)C[C@@H]2C[C@H]2c2ccccc2)cc(C(=O)O)c1. The maximum absolute atomic E-state index is 12.3. The highest BCUT2D eigenvalue weighted by Crippen LogP contribution is 2.49. The van der Waals surface area contributed by atoms with Gasteiger partial charge in [-0.2, -0.15) is 0 Å². The van der Waals surface area contributed by atoms with E-state index < -0.39 is 5.97 Å². The molecule has 2 aromatic carbocycles. The summed E-state index contributed by atoms with van der Waals surface area (Å²) >= 11 is 0. The number of rotatable bonds is 7. The summed E-state index contributed by atoms with van der Waals surface area (Å²) in [7, 11) is 1.54. The molecule has 0 unspecified atom stereocenters. The summed E-state index contributed by atoms with van der Waals surface area (Å²) in [5.74, 6) is -0.320. The number of amides is 1. The second kappa shape index (κ2) is 7.49. The molecule has 0 aliphatic heterocycles. The summed E-state index contributed by atoms with van der Waals surface area (Å²) in [5, 5.41) is 12.0.